The highest BCUT2D eigenvalue weighted by atomic mass is 32.2. The van der Waals surface area contributed by atoms with E-state index in [-0.39, 0.29) is 5.12 Å². The number of hydrogen-bond acceptors (Lipinski definition) is 4. The van der Waals surface area contributed by atoms with Crippen molar-refractivity contribution in [1.29, 1.82) is 0 Å². The van der Waals surface area contributed by atoms with Crippen LogP contribution in [0.5, 0.6) is 0 Å². The summed E-state index contributed by atoms with van der Waals surface area (Å²) in [6.45, 7) is 1.42. The highest BCUT2D eigenvalue weighted by Gasteiger charge is 2.23. The van der Waals surface area contributed by atoms with E-state index in [2.05, 4.69) is 0 Å². The molecule has 0 amide bonds. The molecule has 2 rings (SSSR count). The highest BCUT2D eigenvalue weighted by Crippen LogP contribution is 2.33. The van der Waals surface area contributed by atoms with Gasteiger partial charge in [-0.25, -0.2) is 4.79 Å². The molecular weight excluding hydrogens is 252 g/mol. The molecule has 0 saturated carbocycles. The van der Waals surface area contributed by atoms with Crippen molar-refractivity contribution in [1.82, 2.24) is 0 Å². The summed E-state index contributed by atoms with van der Waals surface area (Å²) in [6, 6.07) is 7.54. The normalized spacial score (nSPS) is 18.3. The van der Waals surface area contributed by atoms with E-state index in [4.69, 9.17) is 9.84 Å². The van der Waals surface area contributed by atoms with E-state index < -0.39 is 12.1 Å². The van der Waals surface area contributed by atoms with Crippen LogP contribution in [0.2, 0.25) is 0 Å². The first-order valence-corrected chi connectivity index (χ1v) is 6.42. The van der Waals surface area contributed by atoms with Gasteiger partial charge in [-0.15, -0.1) is 0 Å². The number of benzene rings is 1. The second-order valence-corrected chi connectivity index (χ2v) is 4.83. The van der Waals surface area contributed by atoms with E-state index >= 15 is 0 Å². The van der Waals surface area contributed by atoms with E-state index in [0.29, 0.717) is 11.3 Å². The van der Waals surface area contributed by atoms with E-state index in [1.807, 2.05) is 24.3 Å². The standard InChI is InChI=1S/C13H12O4S/c1-8(12(14)15)17-6-11-10-5-3-2-4-9(10)7-18-13(11)16/h2-6,8H,7H2,1H3,(H,14,15)/b11-6-. The zero-order chi connectivity index (χ0) is 13.1. The average molecular weight is 264 g/mol. The number of carboxylic acids is 1. The van der Waals surface area contributed by atoms with E-state index in [1.54, 1.807) is 0 Å². The van der Waals surface area contributed by atoms with Crippen molar-refractivity contribution in [2.24, 2.45) is 0 Å². The minimum absolute atomic E-state index is 0.0914. The predicted molar refractivity (Wildman–Crippen MR) is 68.9 cm³/mol. The van der Waals surface area contributed by atoms with Gasteiger partial charge in [0, 0.05) is 5.75 Å². The molecule has 1 N–H and O–H groups in total. The third-order valence-electron chi connectivity index (χ3n) is 2.62. The SMILES string of the molecule is CC(O/C=C1\C(=O)SCc2ccccc21)C(=O)O. The number of rotatable bonds is 3. The minimum atomic E-state index is -1.06. The molecule has 0 aromatic heterocycles. The van der Waals surface area contributed by atoms with Gasteiger partial charge in [0.1, 0.15) is 0 Å². The second-order valence-electron chi connectivity index (χ2n) is 3.88. The molecule has 0 saturated heterocycles. The molecule has 1 aromatic rings. The van der Waals surface area contributed by atoms with Crippen molar-refractivity contribution in [3.63, 3.8) is 0 Å². The summed E-state index contributed by atoms with van der Waals surface area (Å²) in [5.41, 5.74) is 2.30. The lowest BCUT2D eigenvalue weighted by molar-refractivity contribution is -0.145. The monoisotopic (exact) mass is 264 g/mol. The zero-order valence-electron chi connectivity index (χ0n) is 9.75. The maximum atomic E-state index is 11.8. The first-order chi connectivity index (χ1) is 8.59. The smallest absolute Gasteiger partial charge is 0.344 e. The molecule has 18 heavy (non-hydrogen) atoms. The molecule has 5 heteroatoms. The Bertz CT molecular complexity index is 521. The quantitative estimate of drug-likeness (QED) is 0.670. The fraction of sp³-hybridized carbons (Fsp3) is 0.231. The molecule has 1 aromatic carbocycles. The van der Waals surface area contributed by atoms with Crippen molar-refractivity contribution in [2.75, 3.05) is 0 Å². The molecule has 0 radical (unpaired) electrons. The number of hydrogen-bond donors (Lipinski definition) is 1. The Labute approximate surface area is 109 Å². The summed E-state index contributed by atoms with van der Waals surface area (Å²) in [5.74, 6) is -0.420. The van der Waals surface area contributed by atoms with Crippen LogP contribution in [0, 0.1) is 0 Å². The van der Waals surface area contributed by atoms with Crippen LogP contribution in [0.3, 0.4) is 0 Å². The van der Waals surface area contributed by atoms with E-state index in [9.17, 15) is 9.59 Å². The lowest BCUT2D eigenvalue weighted by Crippen LogP contribution is -2.18. The molecule has 0 aliphatic carbocycles. The van der Waals surface area contributed by atoms with E-state index in [0.717, 1.165) is 11.1 Å². The van der Waals surface area contributed by atoms with Gasteiger partial charge in [-0.05, 0) is 18.1 Å². The molecule has 0 fully saturated rings. The molecule has 1 heterocycles. The average Bonchev–Trinajstić information content (AvgIpc) is 2.37. The Morgan fingerprint density at radius 3 is 2.94 bits per heavy atom. The maximum Gasteiger partial charge on any atom is 0.344 e. The van der Waals surface area contributed by atoms with Crippen molar-refractivity contribution in [3.8, 4) is 0 Å². The number of thioether (sulfide) groups is 1. The maximum absolute atomic E-state index is 11.8. The van der Waals surface area contributed by atoms with Crippen LogP contribution >= 0.6 is 11.8 Å². The molecule has 1 atom stereocenters. The third kappa shape index (κ3) is 2.56. The van der Waals surface area contributed by atoms with Crippen LogP contribution in [0.25, 0.3) is 5.57 Å². The molecule has 94 valence electrons. The highest BCUT2D eigenvalue weighted by molar-refractivity contribution is 8.14. The fourth-order valence-electron chi connectivity index (χ4n) is 1.58. The molecule has 0 bridgehead atoms. The number of carbonyl (C=O) groups excluding carboxylic acids is 1. The van der Waals surface area contributed by atoms with Gasteiger partial charge in [0.15, 0.2) is 6.10 Å². The summed E-state index contributed by atoms with van der Waals surface area (Å²) in [5, 5.41) is 8.64. The summed E-state index contributed by atoms with van der Waals surface area (Å²) in [6.07, 6.45) is 0.288. The van der Waals surface area contributed by atoms with E-state index in [1.165, 1.54) is 24.9 Å². The van der Waals surface area contributed by atoms with Gasteiger partial charge in [0.2, 0.25) is 5.12 Å². The van der Waals surface area contributed by atoms with Crippen molar-refractivity contribution >= 4 is 28.4 Å². The number of carboxylic acid groups (broad SMARTS) is 1. The third-order valence-corrected chi connectivity index (χ3v) is 3.56. The Balaban J connectivity index is 2.29. The van der Waals surface area contributed by atoms with Gasteiger partial charge < -0.3 is 9.84 Å². The van der Waals surface area contributed by atoms with Crippen molar-refractivity contribution in [2.45, 2.75) is 18.8 Å². The van der Waals surface area contributed by atoms with Gasteiger partial charge in [-0.2, -0.15) is 0 Å². The van der Waals surface area contributed by atoms with Crippen molar-refractivity contribution < 1.29 is 19.4 Å². The number of carbonyl (C=O) groups is 2. The topological polar surface area (TPSA) is 63.6 Å². The van der Waals surface area contributed by atoms with Crippen molar-refractivity contribution in [3.05, 3.63) is 41.7 Å². The largest absolute Gasteiger partial charge is 0.486 e. The summed E-state index contributed by atoms with van der Waals surface area (Å²) in [7, 11) is 0. The van der Waals surface area contributed by atoms with Crippen LogP contribution < -0.4 is 0 Å². The summed E-state index contributed by atoms with van der Waals surface area (Å²) < 4.78 is 5.07. The molecule has 4 nitrogen and oxygen atoms in total. The van der Waals surface area contributed by atoms with Gasteiger partial charge in [0.05, 0.1) is 11.8 Å². The lowest BCUT2D eigenvalue weighted by Gasteiger charge is -2.17. The van der Waals surface area contributed by atoms with Gasteiger partial charge in [0.25, 0.3) is 0 Å². The molecule has 1 unspecified atom stereocenters. The second kappa shape index (κ2) is 5.27. The lowest BCUT2D eigenvalue weighted by atomic mass is 10.0. The van der Waals surface area contributed by atoms with Gasteiger partial charge in [-0.1, -0.05) is 36.0 Å². The number of aliphatic carboxylic acids is 1. The van der Waals surface area contributed by atoms with Gasteiger partial charge >= 0.3 is 5.97 Å². The first kappa shape index (κ1) is 12.7. The predicted octanol–water partition coefficient (Wildman–Crippen LogP) is 2.29. The Morgan fingerprint density at radius 2 is 2.22 bits per heavy atom. The molecular formula is C13H12O4S. The first-order valence-electron chi connectivity index (χ1n) is 5.43. The molecule has 0 spiro atoms. The van der Waals surface area contributed by atoms with Crippen LogP contribution in [0.1, 0.15) is 18.1 Å². The number of fused-ring (bicyclic) bond motifs is 1. The number of ether oxygens (including phenoxy) is 1. The van der Waals surface area contributed by atoms with Crippen LogP contribution in [-0.4, -0.2) is 22.3 Å². The van der Waals surface area contributed by atoms with Crippen LogP contribution in [0.15, 0.2) is 30.5 Å². The Hall–Kier alpha value is -1.75. The molecule has 1 aliphatic rings. The summed E-state index contributed by atoms with van der Waals surface area (Å²) >= 11 is 1.19. The van der Waals surface area contributed by atoms with Crippen LogP contribution in [0.4, 0.5) is 0 Å². The molecule has 1 aliphatic heterocycles. The Morgan fingerprint density at radius 1 is 1.50 bits per heavy atom. The van der Waals surface area contributed by atoms with Crippen LogP contribution in [-0.2, 0) is 20.1 Å². The van der Waals surface area contributed by atoms with Gasteiger partial charge in [-0.3, -0.25) is 4.79 Å². The Kier molecular flexibility index (Phi) is 3.72. The summed E-state index contributed by atoms with van der Waals surface area (Å²) in [4.78, 5) is 22.5. The zero-order valence-corrected chi connectivity index (χ0v) is 10.6. The fourth-order valence-corrected chi connectivity index (χ4v) is 2.43. The minimum Gasteiger partial charge on any atom is -0.486 e.